The lowest BCUT2D eigenvalue weighted by atomic mass is 9.89. The summed E-state index contributed by atoms with van der Waals surface area (Å²) < 4.78 is 11.7. The Kier molecular flexibility index (Phi) is 7.75. The molecule has 4 rings (SSSR count). The minimum absolute atomic E-state index is 0.167. The number of piperidine rings is 2. The van der Waals surface area contributed by atoms with Gasteiger partial charge in [0.1, 0.15) is 5.60 Å². The summed E-state index contributed by atoms with van der Waals surface area (Å²) in [7, 11) is 0. The first-order chi connectivity index (χ1) is 17.4. The van der Waals surface area contributed by atoms with Gasteiger partial charge in [0.2, 0.25) is 11.8 Å². The molecule has 3 N–H and O–H groups in total. The Morgan fingerprint density at radius 3 is 2.59 bits per heavy atom. The number of amides is 3. The van der Waals surface area contributed by atoms with E-state index in [4.69, 9.17) is 9.47 Å². The molecule has 3 saturated heterocycles. The van der Waals surface area contributed by atoms with Crippen LogP contribution in [0.4, 0.5) is 10.5 Å². The zero-order chi connectivity index (χ0) is 26.8. The van der Waals surface area contributed by atoms with Gasteiger partial charge in [0.05, 0.1) is 30.4 Å². The SMILES string of the molecule is CC(C)(C)OC(=O)N1CCOC2(CCN(c3ccc(C(=O)O)c(CNC4CCC(=O)NC4=O)c3)CC2)C1. The number of carbonyl (C=O) groups excluding carboxylic acids is 3. The van der Waals surface area contributed by atoms with Crippen LogP contribution in [-0.4, -0.2) is 83.9 Å². The molecule has 37 heavy (non-hydrogen) atoms. The van der Waals surface area contributed by atoms with Crippen LogP contribution < -0.4 is 15.5 Å². The zero-order valence-electron chi connectivity index (χ0n) is 21.7. The average molecular weight is 517 g/mol. The minimum atomic E-state index is -1.04. The first kappa shape index (κ1) is 26.9. The number of nitrogens with zero attached hydrogens (tertiary/aromatic N) is 2. The van der Waals surface area contributed by atoms with Crippen LogP contribution in [0.25, 0.3) is 0 Å². The molecule has 1 unspecified atom stereocenters. The van der Waals surface area contributed by atoms with E-state index in [9.17, 15) is 24.3 Å². The summed E-state index contributed by atoms with van der Waals surface area (Å²) >= 11 is 0. The molecule has 1 spiro atoms. The Hall–Kier alpha value is -3.18. The number of ether oxygens (including phenoxy) is 2. The van der Waals surface area contributed by atoms with Crippen molar-refractivity contribution in [2.24, 2.45) is 0 Å². The van der Waals surface area contributed by atoms with Crippen LogP contribution in [0.2, 0.25) is 0 Å². The van der Waals surface area contributed by atoms with Crippen LogP contribution in [0, 0.1) is 0 Å². The summed E-state index contributed by atoms with van der Waals surface area (Å²) in [5.41, 5.74) is 0.641. The van der Waals surface area contributed by atoms with E-state index in [1.54, 1.807) is 17.0 Å². The van der Waals surface area contributed by atoms with Crippen LogP contribution in [0.5, 0.6) is 0 Å². The topological polar surface area (TPSA) is 138 Å². The number of hydrogen-bond donors (Lipinski definition) is 3. The largest absolute Gasteiger partial charge is 0.478 e. The highest BCUT2D eigenvalue weighted by molar-refractivity contribution is 6.00. The smallest absolute Gasteiger partial charge is 0.410 e. The van der Waals surface area contributed by atoms with Gasteiger partial charge in [-0.25, -0.2) is 9.59 Å². The number of anilines is 1. The number of hydrogen-bond acceptors (Lipinski definition) is 8. The standard InChI is InChI=1S/C26H36N4O7/c1-25(2,3)37-24(35)30-12-13-36-26(16-30)8-10-29(11-9-26)18-4-5-19(23(33)34)17(14-18)15-27-20-6-7-21(31)28-22(20)32/h4-5,14,20,27H,6-13,15-16H2,1-3H3,(H,33,34)(H,28,31,32). The second kappa shape index (κ2) is 10.7. The van der Waals surface area contributed by atoms with Crippen LogP contribution in [0.3, 0.4) is 0 Å². The molecule has 1 aromatic carbocycles. The van der Waals surface area contributed by atoms with Crippen molar-refractivity contribution < 1.29 is 33.8 Å². The van der Waals surface area contributed by atoms with Crippen molar-refractivity contribution >= 4 is 29.6 Å². The third-order valence-corrected chi connectivity index (χ3v) is 7.04. The van der Waals surface area contributed by atoms with E-state index in [0.29, 0.717) is 44.8 Å². The van der Waals surface area contributed by atoms with E-state index in [2.05, 4.69) is 15.5 Å². The molecule has 0 bridgehead atoms. The summed E-state index contributed by atoms with van der Waals surface area (Å²) in [5, 5.41) is 15.1. The van der Waals surface area contributed by atoms with Crippen LogP contribution in [-0.2, 0) is 25.6 Å². The van der Waals surface area contributed by atoms with Gasteiger partial charge in [-0.15, -0.1) is 0 Å². The maximum atomic E-state index is 12.6. The first-order valence-corrected chi connectivity index (χ1v) is 12.7. The van der Waals surface area contributed by atoms with Crippen LogP contribution in [0.1, 0.15) is 62.4 Å². The average Bonchev–Trinajstić information content (AvgIpc) is 2.83. The number of carboxylic acids is 1. The quantitative estimate of drug-likeness (QED) is 0.501. The molecule has 3 amide bonds. The second-order valence-corrected chi connectivity index (χ2v) is 11.0. The van der Waals surface area contributed by atoms with Crippen molar-refractivity contribution in [1.82, 2.24) is 15.5 Å². The predicted molar refractivity (Wildman–Crippen MR) is 134 cm³/mol. The lowest BCUT2D eigenvalue weighted by Crippen LogP contribution is -2.58. The summed E-state index contributed by atoms with van der Waals surface area (Å²) in [6, 6.07) is 4.68. The molecule has 3 heterocycles. The predicted octanol–water partition coefficient (Wildman–Crippen LogP) is 1.89. The van der Waals surface area contributed by atoms with Gasteiger partial charge in [-0.3, -0.25) is 14.9 Å². The van der Waals surface area contributed by atoms with E-state index < -0.39 is 29.1 Å². The van der Waals surface area contributed by atoms with Crippen LogP contribution in [0.15, 0.2) is 18.2 Å². The third kappa shape index (κ3) is 6.58. The van der Waals surface area contributed by atoms with Gasteiger partial charge < -0.3 is 29.7 Å². The van der Waals surface area contributed by atoms with E-state index in [1.165, 1.54) is 0 Å². The Labute approximate surface area is 216 Å². The summed E-state index contributed by atoms with van der Waals surface area (Å²) in [6.07, 6.45) is 1.74. The van der Waals surface area contributed by atoms with Gasteiger partial charge in [-0.05, 0) is 63.8 Å². The highest BCUT2D eigenvalue weighted by Gasteiger charge is 2.42. The number of benzene rings is 1. The fourth-order valence-corrected chi connectivity index (χ4v) is 5.06. The molecule has 202 valence electrons. The molecule has 11 heteroatoms. The summed E-state index contributed by atoms with van der Waals surface area (Å²) in [4.78, 5) is 51.8. The van der Waals surface area contributed by atoms with Crippen molar-refractivity contribution in [1.29, 1.82) is 0 Å². The lowest BCUT2D eigenvalue weighted by molar-refractivity contribution is -0.134. The van der Waals surface area contributed by atoms with E-state index in [1.807, 2.05) is 26.8 Å². The monoisotopic (exact) mass is 516 g/mol. The van der Waals surface area contributed by atoms with Gasteiger partial charge in [-0.1, -0.05) is 0 Å². The lowest BCUT2D eigenvalue weighted by Gasteiger charge is -2.47. The number of aromatic carboxylic acids is 1. The van der Waals surface area contributed by atoms with Crippen molar-refractivity contribution in [3.05, 3.63) is 29.3 Å². The van der Waals surface area contributed by atoms with Crippen molar-refractivity contribution in [2.75, 3.05) is 37.7 Å². The van der Waals surface area contributed by atoms with Gasteiger partial charge in [0, 0.05) is 38.3 Å². The minimum Gasteiger partial charge on any atom is -0.478 e. The maximum Gasteiger partial charge on any atom is 0.410 e. The van der Waals surface area contributed by atoms with E-state index in [0.717, 1.165) is 18.5 Å². The van der Waals surface area contributed by atoms with Gasteiger partial charge >= 0.3 is 12.1 Å². The highest BCUT2D eigenvalue weighted by Crippen LogP contribution is 2.33. The van der Waals surface area contributed by atoms with E-state index >= 15 is 0 Å². The van der Waals surface area contributed by atoms with Crippen molar-refractivity contribution in [3.8, 4) is 0 Å². The molecule has 1 atom stereocenters. The molecule has 0 radical (unpaired) electrons. The molecular formula is C26H36N4O7. The van der Waals surface area contributed by atoms with Gasteiger partial charge in [0.15, 0.2) is 0 Å². The fourth-order valence-electron chi connectivity index (χ4n) is 5.06. The number of nitrogens with one attached hydrogen (secondary N) is 2. The number of carbonyl (C=O) groups is 4. The zero-order valence-corrected chi connectivity index (χ0v) is 21.7. The van der Waals surface area contributed by atoms with Gasteiger partial charge in [0.25, 0.3) is 0 Å². The molecule has 0 aromatic heterocycles. The van der Waals surface area contributed by atoms with Gasteiger partial charge in [-0.2, -0.15) is 0 Å². The fraction of sp³-hybridized carbons (Fsp3) is 0.615. The van der Waals surface area contributed by atoms with Crippen molar-refractivity contribution in [2.45, 2.75) is 70.2 Å². The molecule has 3 aliphatic heterocycles. The first-order valence-electron chi connectivity index (χ1n) is 12.7. The molecule has 0 saturated carbocycles. The molecule has 3 fully saturated rings. The number of carboxylic acid groups (broad SMARTS) is 1. The molecule has 1 aromatic rings. The Morgan fingerprint density at radius 1 is 1.22 bits per heavy atom. The maximum absolute atomic E-state index is 12.6. The van der Waals surface area contributed by atoms with Crippen LogP contribution >= 0.6 is 0 Å². The Bertz CT molecular complexity index is 1060. The second-order valence-electron chi connectivity index (χ2n) is 11.0. The number of imide groups is 1. The summed E-state index contributed by atoms with van der Waals surface area (Å²) in [5.74, 6) is -1.73. The highest BCUT2D eigenvalue weighted by atomic mass is 16.6. The van der Waals surface area contributed by atoms with E-state index in [-0.39, 0.29) is 30.5 Å². The normalized spacial score (nSPS) is 22.1. The molecule has 3 aliphatic rings. The molecule has 11 nitrogen and oxygen atoms in total. The number of morpholine rings is 1. The Morgan fingerprint density at radius 2 is 1.95 bits per heavy atom. The Balaban J connectivity index is 1.40. The molecular weight excluding hydrogens is 480 g/mol. The molecule has 0 aliphatic carbocycles. The third-order valence-electron chi connectivity index (χ3n) is 7.04. The number of rotatable bonds is 5. The van der Waals surface area contributed by atoms with Crippen molar-refractivity contribution in [3.63, 3.8) is 0 Å². The summed E-state index contributed by atoms with van der Waals surface area (Å²) in [6.45, 7) is 8.56.